The van der Waals surface area contributed by atoms with Crippen molar-refractivity contribution in [1.82, 2.24) is 5.32 Å². The van der Waals surface area contributed by atoms with E-state index in [4.69, 9.17) is 4.42 Å². The number of rotatable bonds is 5. The molecule has 1 heterocycles. The Balaban J connectivity index is 1.88. The summed E-state index contributed by atoms with van der Waals surface area (Å²) in [6.45, 7) is 2.53. The monoisotopic (exact) mass is 309 g/mol. The topological polar surface area (TPSA) is 45.4 Å². The van der Waals surface area contributed by atoms with Gasteiger partial charge in [-0.2, -0.15) is 0 Å². The van der Waals surface area contributed by atoms with Crippen molar-refractivity contribution in [1.29, 1.82) is 0 Å². The van der Waals surface area contributed by atoms with Crippen molar-refractivity contribution >= 4 is 15.9 Å². The second kappa shape index (κ2) is 6.18. The summed E-state index contributed by atoms with van der Waals surface area (Å²) < 4.78 is 6.22. The van der Waals surface area contributed by atoms with Crippen LogP contribution in [0.5, 0.6) is 0 Å². The van der Waals surface area contributed by atoms with Crippen molar-refractivity contribution in [2.75, 3.05) is 6.54 Å². The van der Waals surface area contributed by atoms with E-state index in [2.05, 4.69) is 40.3 Å². The van der Waals surface area contributed by atoms with Gasteiger partial charge in [-0.15, -0.1) is 0 Å². The molecule has 18 heavy (non-hydrogen) atoms. The first-order valence-corrected chi connectivity index (χ1v) is 6.66. The van der Waals surface area contributed by atoms with Gasteiger partial charge in [-0.05, 0) is 36.8 Å². The predicted molar refractivity (Wildman–Crippen MR) is 74.2 cm³/mol. The Kier molecular flexibility index (Phi) is 4.58. The van der Waals surface area contributed by atoms with Crippen LogP contribution in [0.2, 0.25) is 0 Å². The molecule has 2 rings (SSSR count). The lowest BCUT2D eigenvalue weighted by Gasteiger charge is -2.16. The van der Waals surface area contributed by atoms with Crippen LogP contribution >= 0.6 is 15.9 Å². The summed E-state index contributed by atoms with van der Waals surface area (Å²) in [6, 6.07) is 11.9. The molecule has 0 aliphatic heterocycles. The van der Waals surface area contributed by atoms with E-state index in [1.165, 1.54) is 5.56 Å². The first-order chi connectivity index (χ1) is 8.66. The standard InChI is InChI=1S/C14H16BrNO2/c1-10(11-4-6-12(15)7-5-11)16-9-13(17)14-3-2-8-18-14/h2-8,10,13,16-17H,9H2,1H3. The third-order valence-electron chi connectivity index (χ3n) is 2.86. The number of hydrogen-bond acceptors (Lipinski definition) is 3. The fourth-order valence-electron chi connectivity index (χ4n) is 1.74. The summed E-state index contributed by atoms with van der Waals surface area (Å²) >= 11 is 3.41. The highest BCUT2D eigenvalue weighted by molar-refractivity contribution is 9.10. The fraction of sp³-hybridized carbons (Fsp3) is 0.286. The molecule has 4 heteroatoms. The molecule has 0 spiro atoms. The second-order valence-corrected chi connectivity index (χ2v) is 5.13. The fourth-order valence-corrected chi connectivity index (χ4v) is 2.00. The summed E-state index contributed by atoms with van der Waals surface area (Å²) in [5.41, 5.74) is 1.19. The molecule has 2 aromatic rings. The highest BCUT2D eigenvalue weighted by atomic mass is 79.9. The smallest absolute Gasteiger partial charge is 0.133 e. The summed E-state index contributed by atoms with van der Waals surface area (Å²) in [7, 11) is 0. The molecule has 0 saturated carbocycles. The quantitative estimate of drug-likeness (QED) is 0.889. The highest BCUT2D eigenvalue weighted by Crippen LogP contribution is 2.18. The lowest BCUT2D eigenvalue weighted by Crippen LogP contribution is -2.24. The Hall–Kier alpha value is -1.10. The lowest BCUT2D eigenvalue weighted by atomic mass is 10.1. The third kappa shape index (κ3) is 3.45. The largest absolute Gasteiger partial charge is 0.467 e. The molecule has 2 atom stereocenters. The van der Waals surface area contributed by atoms with Crippen LogP contribution in [-0.4, -0.2) is 11.7 Å². The molecule has 0 aliphatic rings. The Morgan fingerprint density at radius 3 is 2.61 bits per heavy atom. The van der Waals surface area contributed by atoms with Crippen LogP contribution < -0.4 is 5.32 Å². The van der Waals surface area contributed by atoms with E-state index in [-0.39, 0.29) is 6.04 Å². The van der Waals surface area contributed by atoms with Crippen LogP contribution in [0.15, 0.2) is 51.6 Å². The van der Waals surface area contributed by atoms with Gasteiger partial charge in [0.25, 0.3) is 0 Å². The summed E-state index contributed by atoms with van der Waals surface area (Å²) in [4.78, 5) is 0. The van der Waals surface area contributed by atoms with Crippen molar-refractivity contribution in [3.05, 3.63) is 58.5 Å². The highest BCUT2D eigenvalue weighted by Gasteiger charge is 2.12. The number of halogens is 1. The molecule has 1 aromatic heterocycles. The van der Waals surface area contributed by atoms with Crippen LogP contribution in [0.4, 0.5) is 0 Å². The average molecular weight is 310 g/mol. The number of nitrogens with one attached hydrogen (secondary N) is 1. The Labute approximate surface area is 115 Å². The molecule has 96 valence electrons. The van der Waals surface area contributed by atoms with E-state index in [0.717, 1.165) is 4.47 Å². The third-order valence-corrected chi connectivity index (χ3v) is 3.39. The number of aliphatic hydroxyl groups is 1. The van der Waals surface area contributed by atoms with Gasteiger partial charge in [0.15, 0.2) is 0 Å². The van der Waals surface area contributed by atoms with Crippen LogP contribution in [0.25, 0.3) is 0 Å². The van der Waals surface area contributed by atoms with Crippen LogP contribution in [0.1, 0.15) is 30.4 Å². The zero-order valence-corrected chi connectivity index (χ0v) is 11.7. The van der Waals surface area contributed by atoms with E-state index >= 15 is 0 Å². The molecular weight excluding hydrogens is 294 g/mol. The van der Waals surface area contributed by atoms with E-state index in [1.54, 1.807) is 18.4 Å². The second-order valence-electron chi connectivity index (χ2n) is 4.21. The Morgan fingerprint density at radius 2 is 2.00 bits per heavy atom. The Bertz CT molecular complexity index is 467. The normalized spacial score (nSPS) is 14.4. The van der Waals surface area contributed by atoms with Gasteiger partial charge >= 0.3 is 0 Å². The molecule has 0 amide bonds. The van der Waals surface area contributed by atoms with E-state index < -0.39 is 6.10 Å². The summed E-state index contributed by atoms with van der Waals surface area (Å²) in [6.07, 6.45) is 0.953. The minimum atomic E-state index is -0.613. The number of furan rings is 1. The van der Waals surface area contributed by atoms with E-state index in [1.807, 2.05) is 12.1 Å². The molecule has 2 unspecified atom stereocenters. The zero-order chi connectivity index (χ0) is 13.0. The first kappa shape index (κ1) is 13.3. The van der Waals surface area contributed by atoms with E-state index in [9.17, 15) is 5.11 Å². The van der Waals surface area contributed by atoms with Crippen molar-refractivity contribution in [2.45, 2.75) is 19.1 Å². The minimum Gasteiger partial charge on any atom is -0.467 e. The van der Waals surface area contributed by atoms with E-state index in [0.29, 0.717) is 12.3 Å². The SMILES string of the molecule is CC(NCC(O)c1ccco1)c1ccc(Br)cc1. The number of benzene rings is 1. The van der Waals surface area contributed by atoms with Gasteiger partial charge in [0.1, 0.15) is 11.9 Å². The maximum Gasteiger partial charge on any atom is 0.133 e. The lowest BCUT2D eigenvalue weighted by molar-refractivity contribution is 0.144. The van der Waals surface area contributed by atoms with Gasteiger partial charge in [0, 0.05) is 17.1 Å². The van der Waals surface area contributed by atoms with Crippen molar-refractivity contribution in [3.63, 3.8) is 0 Å². The molecule has 0 fully saturated rings. The molecule has 1 aromatic carbocycles. The zero-order valence-electron chi connectivity index (χ0n) is 10.1. The van der Waals surface area contributed by atoms with Crippen LogP contribution in [-0.2, 0) is 0 Å². The molecule has 0 radical (unpaired) electrons. The number of aliphatic hydroxyl groups excluding tert-OH is 1. The van der Waals surface area contributed by atoms with Gasteiger partial charge in [-0.1, -0.05) is 28.1 Å². The molecule has 0 saturated heterocycles. The first-order valence-electron chi connectivity index (χ1n) is 5.87. The van der Waals surface area contributed by atoms with Crippen molar-refractivity contribution in [2.24, 2.45) is 0 Å². The van der Waals surface area contributed by atoms with Gasteiger partial charge in [-0.25, -0.2) is 0 Å². The van der Waals surface area contributed by atoms with Gasteiger partial charge in [0.05, 0.1) is 6.26 Å². The van der Waals surface area contributed by atoms with Crippen molar-refractivity contribution < 1.29 is 9.52 Å². The summed E-state index contributed by atoms with van der Waals surface area (Å²) in [5.74, 6) is 0.588. The minimum absolute atomic E-state index is 0.183. The van der Waals surface area contributed by atoms with Gasteiger partial charge in [0.2, 0.25) is 0 Å². The predicted octanol–water partition coefficient (Wildman–Crippen LogP) is 3.43. The maximum absolute atomic E-state index is 9.89. The number of hydrogen-bond donors (Lipinski definition) is 2. The van der Waals surface area contributed by atoms with Gasteiger partial charge < -0.3 is 14.8 Å². The molecule has 0 aliphatic carbocycles. The van der Waals surface area contributed by atoms with Crippen molar-refractivity contribution in [3.8, 4) is 0 Å². The molecular formula is C14H16BrNO2. The van der Waals surface area contributed by atoms with Crippen LogP contribution in [0.3, 0.4) is 0 Å². The molecule has 0 bridgehead atoms. The Morgan fingerprint density at radius 1 is 1.28 bits per heavy atom. The molecule has 3 nitrogen and oxygen atoms in total. The molecule has 2 N–H and O–H groups in total. The van der Waals surface area contributed by atoms with Crippen LogP contribution in [0, 0.1) is 0 Å². The summed E-state index contributed by atoms with van der Waals surface area (Å²) in [5, 5.41) is 13.2. The van der Waals surface area contributed by atoms with Gasteiger partial charge in [-0.3, -0.25) is 0 Å². The average Bonchev–Trinajstić information content (AvgIpc) is 2.90. The maximum atomic E-state index is 9.89.